The Labute approximate surface area is 138 Å². The molecule has 1 aromatic heterocycles. The molecule has 0 aliphatic carbocycles. The molecule has 2 heterocycles. The van der Waals surface area contributed by atoms with Crippen LogP contribution < -0.4 is 0 Å². The fourth-order valence-corrected chi connectivity index (χ4v) is 3.10. The molecule has 0 bridgehead atoms. The van der Waals surface area contributed by atoms with Crippen molar-refractivity contribution in [1.82, 2.24) is 9.88 Å². The maximum Gasteiger partial charge on any atom is 0.416 e. The second-order valence-corrected chi connectivity index (χ2v) is 6.28. The lowest BCUT2D eigenvalue weighted by Gasteiger charge is -2.24. The Bertz CT molecular complexity index is 683. The van der Waals surface area contributed by atoms with Crippen molar-refractivity contribution in [3.63, 3.8) is 0 Å². The Balaban J connectivity index is 1.78. The zero-order valence-electron chi connectivity index (χ0n) is 13.3. The van der Waals surface area contributed by atoms with Crippen LogP contribution in [0.1, 0.15) is 34.8 Å². The largest absolute Gasteiger partial charge is 0.416 e. The molecular weight excluding hydrogens is 317 g/mol. The zero-order chi connectivity index (χ0) is 17.3. The number of β-amino-alcohol motifs (C(OH)–C–C–N with tert-alkyl or cyclic N) is 1. The number of aromatic nitrogens is 1. The first kappa shape index (κ1) is 16.9. The molecule has 0 spiro atoms. The van der Waals surface area contributed by atoms with Crippen LogP contribution in [0, 0.1) is 6.92 Å². The van der Waals surface area contributed by atoms with Gasteiger partial charge in [0.2, 0.25) is 0 Å². The highest BCUT2D eigenvalue weighted by Crippen LogP contribution is 2.35. The van der Waals surface area contributed by atoms with Crippen molar-refractivity contribution in [2.45, 2.75) is 38.2 Å². The Kier molecular flexibility index (Phi) is 4.60. The zero-order valence-corrected chi connectivity index (χ0v) is 13.3. The van der Waals surface area contributed by atoms with Crippen molar-refractivity contribution < 1.29 is 18.3 Å². The van der Waals surface area contributed by atoms with Crippen molar-refractivity contribution in [2.24, 2.45) is 0 Å². The number of pyridine rings is 1. The summed E-state index contributed by atoms with van der Waals surface area (Å²) in [5.74, 6) is 0. The molecule has 3 rings (SSSR count). The van der Waals surface area contributed by atoms with E-state index in [0.717, 1.165) is 29.0 Å². The number of rotatable bonds is 3. The lowest BCUT2D eigenvalue weighted by Crippen LogP contribution is -2.24. The number of alkyl halides is 3. The van der Waals surface area contributed by atoms with Gasteiger partial charge in [0, 0.05) is 25.3 Å². The average molecular weight is 336 g/mol. The number of aliphatic hydroxyl groups excluding tert-OH is 1. The molecule has 1 aliphatic rings. The van der Waals surface area contributed by atoms with Crippen LogP contribution >= 0.6 is 0 Å². The van der Waals surface area contributed by atoms with E-state index >= 15 is 0 Å². The van der Waals surface area contributed by atoms with Crippen LogP contribution in [0.15, 0.2) is 42.6 Å². The molecule has 6 heteroatoms. The molecule has 1 saturated heterocycles. The van der Waals surface area contributed by atoms with Gasteiger partial charge in [-0.15, -0.1) is 0 Å². The summed E-state index contributed by atoms with van der Waals surface area (Å²) in [6, 6.07) is 9.00. The smallest absolute Gasteiger partial charge is 0.392 e. The SMILES string of the molecule is Cc1ccc(CN2CC(O)CC2c2ccc(C(F)(F)F)cc2)nc1. The summed E-state index contributed by atoms with van der Waals surface area (Å²) >= 11 is 0. The molecule has 0 amide bonds. The Hall–Kier alpha value is -1.92. The summed E-state index contributed by atoms with van der Waals surface area (Å²) in [5.41, 5.74) is 2.08. The first-order valence-corrected chi connectivity index (χ1v) is 7.84. The lowest BCUT2D eigenvalue weighted by atomic mass is 10.0. The fraction of sp³-hybridized carbons (Fsp3) is 0.389. The standard InChI is InChI=1S/C18H19F3N2O/c1-12-2-7-15(22-9-12)10-23-11-16(24)8-17(23)13-3-5-14(6-4-13)18(19,20)21/h2-7,9,16-17,24H,8,10-11H2,1H3. The van der Waals surface area contributed by atoms with Gasteiger partial charge in [-0.1, -0.05) is 18.2 Å². The maximum atomic E-state index is 12.7. The van der Waals surface area contributed by atoms with Gasteiger partial charge >= 0.3 is 6.18 Å². The summed E-state index contributed by atoms with van der Waals surface area (Å²) in [7, 11) is 0. The van der Waals surface area contributed by atoms with Gasteiger partial charge in [0.25, 0.3) is 0 Å². The number of nitrogens with zero attached hydrogens (tertiary/aromatic N) is 2. The lowest BCUT2D eigenvalue weighted by molar-refractivity contribution is -0.137. The third-order valence-electron chi connectivity index (χ3n) is 4.34. The van der Waals surface area contributed by atoms with Crippen LogP contribution in [0.4, 0.5) is 13.2 Å². The minimum absolute atomic E-state index is 0.106. The van der Waals surface area contributed by atoms with Crippen molar-refractivity contribution in [2.75, 3.05) is 6.54 Å². The molecule has 0 radical (unpaired) electrons. The predicted molar refractivity (Wildman–Crippen MR) is 84.2 cm³/mol. The Morgan fingerprint density at radius 2 is 1.88 bits per heavy atom. The van der Waals surface area contributed by atoms with E-state index in [-0.39, 0.29) is 6.04 Å². The summed E-state index contributed by atoms with van der Waals surface area (Å²) in [6.07, 6.45) is -2.52. The number of likely N-dealkylation sites (tertiary alicyclic amines) is 1. The Morgan fingerprint density at radius 3 is 2.46 bits per heavy atom. The number of hydrogen-bond acceptors (Lipinski definition) is 3. The minimum Gasteiger partial charge on any atom is -0.392 e. The number of aliphatic hydroxyl groups is 1. The topological polar surface area (TPSA) is 36.4 Å². The molecule has 2 aromatic rings. The van der Waals surface area contributed by atoms with E-state index in [1.54, 1.807) is 6.20 Å². The molecule has 128 valence electrons. The van der Waals surface area contributed by atoms with Crippen LogP contribution in [-0.4, -0.2) is 27.6 Å². The second kappa shape index (κ2) is 6.53. The van der Waals surface area contributed by atoms with Crippen LogP contribution in [0.25, 0.3) is 0 Å². The van der Waals surface area contributed by atoms with E-state index in [0.29, 0.717) is 19.5 Å². The van der Waals surface area contributed by atoms with Crippen molar-refractivity contribution in [1.29, 1.82) is 0 Å². The third kappa shape index (κ3) is 3.76. The minimum atomic E-state index is -4.33. The van der Waals surface area contributed by atoms with Crippen molar-refractivity contribution in [3.8, 4) is 0 Å². The predicted octanol–water partition coefficient (Wildman–Crippen LogP) is 3.72. The highest BCUT2D eigenvalue weighted by molar-refractivity contribution is 5.28. The summed E-state index contributed by atoms with van der Waals surface area (Å²) in [4.78, 5) is 6.43. The van der Waals surface area contributed by atoms with Gasteiger partial charge in [-0.3, -0.25) is 9.88 Å². The molecule has 1 N–H and O–H groups in total. The van der Waals surface area contributed by atoms with Gasteiger partial charge in [-0.2, -0.15) is 13.2 Å². The molecule has 2 atom stereocenters. The third-order valence-corrected chi connectivity index (χ3v) is 4.34. The molecule has 1 aliphatic heterocycles. The van der Waals surface area contributed by atoms with E-state index in [9.17, 15) is 18.3 Å². The summed E-state index contributed by atoms with van der Waals surface area (Å²) in [5, 5.41) is 10.00. The molecule has 24 heavy (non-hydrogen) atoms. The number of halogens is 3. The number of benzene rings is 1. The second-order valence-electron chi connectivity index (χ2n) is 6.28. The van der Waals surface area contributed by atoms with E-state index in [4.69, 9.17) is 0 Å². The summed E-state index contributed by atoms with van der Waals surface area (Å²) < 4.78 is 38.1. The normalized spacial score (nSPS) is 22.0. The first-order chi connectivity index (χ1) is 11.3. The highest BCUT2D eigenvalue weighted by atomic mass is 19.4. The van der Waals surface area contributed by atoms with Crippen LogP contribution in [0.3, 0.4) is 0 Å². The molecule has 2 unspecified atom stereocenters. The number of aryl methyl sites for hydroxylation is 1. The molecule has 1 aromatic carbocycles. The van der Waals surface area contributed by atoms with Crippen molar-refractivity contribution >= 4 is 0 Å². The monoisotopic (exact) mass is 336 g/mol. The van der Waals surface area contributed by atoms with Gasteiger partial charge in [0.15, 0.2) is 0 Å². The van der Waals surface area contributed by atoms with Crippen LogP contribution in [0.2, 0.25) is 0 Å². The highest BCUT2D eigenvalue weighted by Gasteiger charge is 2.34. The fourth-order valence-electron chi connectivity index (χ4n) is 3.10. The van der Waals surface area contributed by atoms with Gasteiger partial charge in [-0.05, 0) is 42.7 Å². The van der Waals surface area contributed by atoms with E-state index in [2.05, 4.69) is 9.88 Å². The number of hydrogen-bond donors (Lipinski definition) is 1. The maximum absolute atomic E-state index is 12.7. The first-order valence-electron chi connectivity index (χ1n) is 7.84. The quantitative estimate of drug-likeness (QED) is 0.928. The van der Waals surface area contributed by atoms with Gasteiger partial charge in [-0.25, -0.2) is 0 Å². The Morgan fingerprint density at radius 1 is 1.17 bits per heavy atom. The molecular formula is C18H19F3N2O. The van der Waals surface area contributed by atoms with Crippen LogP contribution in [0.5, 0.6) is 0 Å². The van der Waals surface area contributed by atoms with Crippen molar-refractivity contribution in [3.05, 3.63) is 65.0 Å². The summed E-state index contributed by atoms with van der Waals surface area (Å²) in [6.45, 7) is 3.01. The van der Waals surface area contributed by atoms with E-state index in [1.807, 2.05) is 19.1 Å². The molecule has 3 nitrogen and oxygen atoms in total. The average Bonchev–Trinajstić information content (AvgIpc) is 2.89. The van der Waals surface area contributed by atoms with Gasteiger partial charge < -0.3 is 5.11 Å². The van der Waals surface area contributed by atoms with Gasteiger partial charge in [0.05, 0.1) is 17.4 Å². The van der Waals surface area contributed by atoms with E-state index in [1.165, 1.54) is 12.1 Å². The van der Waals surface area contributed by atoms with E-state index < -0.39 is 17.8 Å². The molecule has 0 saturated carbocycles. The molecule has 1 fully saturated rings. The van der Waals surface area contributed by atoms with Gasteiger partial charge in [0.1, 0.15) is 0 Å². The van der Waals surface area contributed by atoms with Crippen LogP contribution in [-0.2, 0) is 12.7 Å².